The summed E-state index contributed by atoms with van der Waals surface area (Å²) < 4.78 is 5.27. The van der Waals surface area contributed by atoms with E-state index in [0.29, 0.717) is 13.2 Å². The average molecular weight is 214 g/mol. The lowest BCUT2D eigenvalue weighted by Gasteiger charge is -2.21. The Kier molecular flexibility index (Phi) is 5.65. The molecule has 88 valence electrons. The molecule has 0 saturated carbocycles. The molecule has 2 atom stereocenters. The normalized spacial score (nSPS) is 23.5. The maximum absolute atomic E-state index is 11.6. The highest BCUT2D eigenvalue weighted by Crippen LogP contribution is 2.13. The Morgan fingerprint density at radius 3 is 3.07 bits per heavy atom. The summed E-state index contributed by atoms with van der Waals surface area (Å²) in [5.41, 5.74) is 5.76. The van der Waals surface area contributed by atoms with E-state index < -0.39 is 0 Å². The van der Waals surface area contributed by atoms with Crippen LogP contribution < -0.4 is 11.1 Å². The lowest BCUT2D eigenvalue weighted by molar-refractivity contribution is -0.128. The third-order valence-corrected chi connectivity index (χ3v) is 2.87. The Morgan fingerprint density at radius 1 is 1.67 bits per heavy atom. The van der Waals surface area contributed by atoms with Gasteiger partial charge in [-0.3, -0.25) is 4.79 Å². The van der Waals surface area contributed by atoms with Crippen LogP contribution in [0, 0.1) is 5.92 Å². The minimum Gasteiger partial charge on any atom is -0.381 e. The van der Waals surface area contributed by atoms with Gasteiger partial charge in [0, 0.05) is 19.2 Å². The second-order valence-corrected chi connectivity index (χ2v) is 4.16. The van der Waals surface area contributed by atoms with Crippen LogP contribution in [0.5, 0.6) is 0 Å². The van der Waals surface area contributed by atoms with Crippen molar-refractivity contribution in [1.82, 2.24) is 5.32 Å². The number of ether oxygens (including phenoxy) is 1. The zero-order valence-corrected chi connectivity index (χ0v) is 9.50. The number of amides is 1. The number of carbonyl (C=O) groups is 1. The molecule has 4 nitrogen and oxygen atoms in total. The van der Waals surface area contributed by atoms with E-state index in [1.807, 2.05) is 0 Å². The highest BCUT2D eigenvalue weighted by atomic mass is 16.5. The van der Waals surface area contributed by atoms with Gasteiger partial charge in [0.05, 0.1) is 12.5 Å². The molecule has 15 heavy (non-hydrogen) atoms. The standard InChI is InChI=1S/C11H22N2O2/c1-2-10(12)5-6-13-11(14)9-4-3-7-15-8-9/h9-10H,2-8,12H2,1H3,(H,13,14). The Hall–Kier alpha value is -0.610. The van der Waals surface area contributed by atoms with Gasteiger partial charge in [-0.15, -0.1) is 0 Å². The van der Waals surface area contributed by atoms with Crippen molar-refractivity contribution < 1.29 is 9.53 Å². The number of hydrogen-bond donors (Lipinski definition) is 2. The van der Waals surface area contributed by atoms with Crippen molar-refractivity contribution in [1.29, 1.82) is 0 Å². The third kappa shape index (κ3) is 4.62. The van der Waals surface area contributed by atoms with Gasteiger partial charge < -0.3 is 15.8 Å². The lowest BCUT2D eigenvalue weighted by atomic mass is 10.0. The van der Waals surface area contributed by atoms with E-state index in [1.165, 1.54) is 0 Å². The van der Waals surface area contributed by atoms with Crippen molar-refractivity contribution in [3.63, 3.8) is 0 Å². The minimum atomic E-state index is 0.0524. The van der Waals surface area contributed by atoms with E-state index in [9.17, 15) is 4.79 Å². The maximum atomic E-state index is 11.6. The van der Waals surface area contributed by atoms with Crippen molar-refractivity contribution in [2.24, 2.45) is 11.7 Å². The lowest BCUT2D eigenvalue weighted by Crippen LogP contribution is -2.37. The van der Waals surface area contributed by atoms with Gasteiger partial charge in [-0.25, -0.2) is 0 Å². The second kappa shape index (κ2) is 6.80. The van der Waals surface area contributed by atoms with Gasteiger partial charge in [-0.05, 0) is 25.7 Å². The van der Waals surface area contributed by atoms with E-state index in [-0.39, 0.29) is 17.9 Å². The molecule has 0 aliphatic carbocycles. The molecular formula is C11H22N2O2. The van der Waals surface area contributed by atoms with Crippen molar-refractivity contribution >= 4 is 5.91 Å². The van der Waals surface area contributed by atoms with Crippen LogP contribution in [0.2, 0.25) is 0 Å². The molecule has 0 aromatic carbocycles. The van der Waals surface area contributed by atoms with E-state index >= 15 is 0 Å². The summed E-state index contributed by atoms with van der Waals surface area (Å²) in [5, 5.41) is 2.92. The van der Waals surface area contributed by atoms with Gasteiger partial charge in [0.15, 0.2) is 0 Å². The first kappa shape index (κ1) is 12.5. The first-order chi connectivity index (χ1) is 7.24. The summed E-state index contributed by atoms with van der Waals surface area (Å²) in [6.07, 6.45) is 3.76. The van der Waals surface area contributed by atoms with Gasteiger partial charge >= 0.3 is 0 Å². The number of hydrogen-bond acceptors (Lipinski definition) is 3. The molecule has 0 aromatic rings. The van der Waals surface area contributed by atoms with Crippen LogP contribution in [-0.2, 0) is 9.53 Å². The Morgan fingerprint density at radius 2 is 2.47 bits per heavy atom. The van der Waals surface area contributed by atoms with E-state index in [0.717, 1.165) is 32.3 Å². The number of carbonyl (C=O) groups excluding carboxylic acids is 1. The Bertz CT molecular complexity index is 191. The van der Waals surface area contributed by atoms with Gasteiger partial charge in [-0.1, -0.05) is 6.92 Å². The molecule has 2 unspecified atom stereocenters. The molecule has 1 saturated heterocycles. The van der Waals surface area contributed by atoms with Crippen LogP contribution >= 0.6 is 0 Å². The van der Waals surface area contributed by atoms with Crippen molar-refractivity contribution in [3.8, 4) is 0 Å². The van der Waals surface area contributed by atoms with Crippen LogP contribution in [0.4, 0.5) is 0 Å². The highest BCUT2D eigenvalue weighted by Gasteiger charge is 2.21. The monoisotopic (exact) mass is 214 g/mol. The predicted molar refractivity (Wildman–Crippen MR) is 59.4 cm³/mol. The zero-order chi connectivity index (χ0) is 11.1. The average Bonchev–Trinajstić information content (AvgIpc) is 2.29. The molecule has 0 bridgehead atoms. The smallest absolute Gasteiger partial charge is 0.225 e. The van der Waals surface area contributed by atoms with Crippen molar-refractivity contribution in [2.75, 3.05) is 19.8 Å². The molecule has 3 N–H and O–H groups in total. The summed E-state index contributed by atoms with van der Waals surface area (Å²) in [6.45, 7) is 4.11. The maximum Gasteiger partial charge on any atom is 0.225 e. The second-order valence-electron chi connectivity index (χ2n) is 4.16. The number of nitrogens with one attached hydrogen (secondary N) is 1. The number of nitrogens with two attached hydrogens (primary N) is 1. The molecule has 4 heteroatoms. The Balaban J connectivity index is 2.12. The molecule has 1 fully saturated rings. The van der Waals surface area contributed by atoms with Crippen LogP contribution in [0.25, 0.3) is 0 Å². The fourth-order valence-electron chi connectivity index (χ4n) is 1.68. The molecule has 0 spiro atoms. The first-order valence-corrected chi connectivity index (χ1v) is 5.85. The summed E-state index contributed by atoms with van der Waals surface area (Å²) in [7, 11) is 0. The highest BCUT2D eigenvalue weighted by molar-refractivity contribution is 5.78. The quantitative estimate of drug-likeness (QED) is 0.706. The molecule has 1 heterocycles. The van der Waals surface area contributed by atoms with Crippen LogP contribution in [0.3, 0.4) is 0 Å². The number of rotatable bonds is 5. The Labute approximate surface area is 91.5 Å². The van der Waals surface area contributed by atoms with Gasteiger partial charge in [0.25, 0.3) is 0 Å². The van der Waals surface area contributed by atoms with E-state index in [2.05, 4.69) is 12.2 Å². The third-order valence-electron chi connectivity index (χ3n) is 2.87. The molecule has 1 rings (SSSR count). The molecule has 1 aliphatic heterocycles. The fourth-order valence-corrected chi connectivity index (χ4v) is 1.68. The van der Waals surface area contributed by atoms with Gasteiger partial charge in [0.1, 0.15) is 0 Å². The topological polar surface area (TPSA) is 64.3 Å². The molecule has 1 aliphatic rings. The zero-order valence-electron chi connectivity index (χ0n) is 9.50. The molecule has 0 radical (unpaired) electrons. The van der Waals surface area contributed by atoms with Crippen molar-refractivity contribution in [3.05, 3.63) is 0 Å². The summed E-state index contributed by atoms with van der Waals surface area (Å²) in [6, 6.07) is 0.202. The molecular weight excluding hydrogens is 192 g/mol. The van der Waals surface area contributed by atoms with Crippen LogP contribution in [0.1, 0.15) is 32.6 Å². The van der Waals surface area contributed by atoms with Crippen LogP contribution in [-0.4, -0.2) is 31.7 Å². The van der Waals surface area contributed by atoms with Gasteiger partial charge in [-0.2, -0.15) is 0 Å². The van der Waals surface area contributed by atoms with E-state index in [1.54, 1.807) is 0 Å². The van der Waals surface area contributed by atoms with Crippen LogP contribution in [0.15, 0.2) is 0 Å². The predicted octanol–water partition coefficient (Wildman–Crippen LogP) is 0.657. The SMILES string of the molecule is CCC(N)CCNC(=O)C1CCCOC1. The fraction of sp³-hybridized carbons (Fsp3) is 0.909. The summed E-state index contributed by atoms with van der Waals surface area (Å²) in [4.78, 5) is 11.6. The van der Waals surface area contributed by atoms with Gasteiger partial charge in [0.2, 0.25) is 5.91 Å². The summed E-state index contributed by atoms with van der Waals surface area (Å²) >= 11 is 0. The molecule has 1 amide bonds. The minimum absolute atomic E-state index is 0.0524. The largest absolute Gasteiger partial charge is 0.381 e. The summed E-state index contributed by atoms with van der Waals surface area (Å²) in [5.74, 6) is 0.176. The first-order valence-electron chi connectivity index (χ1n) is 5.85. The molecule has 0 aromatic heterocycles. The van der Waals surface area contributed by atoms with E-state index in [4.69, 9.17) is 10.5 Å². The van der Waals surface area contributed by atoms with Crippen molar-refractivity contribution in [2.45, 2.75) is 38.6 Å².